The number of terminal acetylenes is 1. The number of aromatic nitrogens is 4. The molecule has 0 aliphatic carbocycles. The highest BCUT2D eigenvalue weighted by Gasteiger charge is 2.52. The number of nitrogens with zero attached hydrogens (tertiary/aromatic N) is 4. The number of fused-ring (bicyclic) bond motifs is 1. The van der Waals surface area contributed by atoms with Crippen molar-refractivity contribution in [1.82, 2.24) is 19.5 Å². The number of esters is 2. The van der Waals surface area contributed by atoms with E-state index in [-0.39, 0.29) is 30.0 Å². The first kappa shape index (κ1) is 18.5. The number of imidazole rings is 1. The zero-order valence-corrected chi connectivity index (χ0v) is 14.5. The van der Waals surface area contributed by atoms with E-state index in [2.05, 4.69) is 20.9 Å². The van der Waals surface area contributed by atoms with Crippen molar-refractivity contribution in [2.24, 2.45) is 0 Å². The van der Waals surface area contributed by atoms with Crippen LogP contribution in [0.4, 0.5) is 10.2 Å². The average Bonchev–Trinajstić information content (AvgIpc) is 3.14. The van der Waals surface area contributed by atoms with E-state index in [1.807, 2.05) is 0 Å². The third-order valence-electron chi connectivity index (χ3n) is 4.06. The van der Waals surface area contributed by atoms with Gasteiger partial charge >= 0.3 is 18.0 Å². The molecule has 3 heterocycles. The number of nitrogens with two attached hydrogens (primary N) is 1. The highest BCUT2D eigenvalue weighted by Crippen LogP contribution is 2.40. The summed E-state index contributed by atoms with van der Waals surface area (Å²) in [7, 11) is 0. The van der Waals surface area contributed by atoms with Crippen LogP contribution in [0.3, 0.4) is 0 Å². The summed E-state index contributed by atoms with van der Waals surface area (Å²) in [5, 5.41) is 0. The molecule has 1 aliphatic rings. The lowest BCUT2D eigenvalue weighted by atomic mass is 9.98. The molecule has 0 unspecified atom stereocenters. The molecule has 0 spiro atoms. The SMILES string of the molecule is C#C[C@]1(COC(C)=O)O[C@@H](n2cnc3c(N)nc(F)nc32)C[C@H]1OC(C)=O. The molecule has 142 valence electrons. The summed E-state index contributed by atoms with van der Waals surface area (Å²) in [6, 6.07) is 0. The van der Waals surface area contributed by atoms with Gasteiger partial charge in [-0.05, 0) is 0 Å². The van der Waals surface area contributed by atoms with Gasteiger partial charge in [0.1, 0.15) is 18.9 Å². The van der Waals surface area contributed by atoms with Crippen LogP contribution >= 0.6 is 0 Å². The minimum atomic E-state index is -1.52. The Bertz CT molecular complexity index is 955. The number of rotatable bonds is 4. The van der Waals surface area contributed by atoms with Crippen molar-refractivity contribution >= 4 is 28.9 Å². The van der Waals surface area contributed by atoms with E-state index >= 15 is 0 Å². The summed E-state index contributed by atoms with van der Waals surface area (Å²) in [6.45, 7) is 2.10. The zero-order chi connectivity index (χ0) is 19.8. The lowest BCUT2D eigenvalue weighted by Gasteiger charge is -2.28. The Labute approximate surface area is 152 Å². The monoisotopic (exact) mass is 377 g/mol. The van der Waals surface area contributed by atoms with Crippen LogP contribution in [0, 0.1) is 18.4 Å². The number of halogens is 1. The summed E-state index contributed by atoms with van der Waals surface area (Å²) in [6.07, 6.45) is 4.29. The molecule has 2 N–H and O–H groups in total. The molecule has 2 aromatic rings. The van der Waals surface area contributed by atoms with Crippen LogP contribution in [0.1, 0.15) is 26.5 Å². The Balaban J connectivity index is 1.99. The zero-order valence-electron chi connectivity index (χ0n) is 14.5. The van der Waals surface area contributed by atoms with Crippen LogP contribution in [0.15, 0.2) is 6.33 Å². The van der Waals surface area contributed by atoms with Gasteiger partial charge in [0, 0.05) is 20.3 Å². The Morgan fingerprint density at radius 3 is 2.85 bits per heavy atom. The largest absolute Gasteiger partial charge is 0.462 e. The Morgan fingerprint density at radius 1 is 1.48 bits per heavy atom. The molecule has 3 rings (SSSR count). The lowest BCUT2D eigenvalue weighted by molar-refractivity contribution is -0.164. The molecule has 0 radical (unpaired) electrons. The molecule has 1 saturated heterocycles. The van der Waals surface area contributed by atoms with Gasteiger partial charge in [0.25, 0.3) is 0 Å². The van der Waals surface area contributed by atoms with Crippen molar-refractivity contribution in [3.8, 4) is 12.3 Å². The van der Waals surface area contributed by atoms with Gasteiger partial charge < -0.3 is 19.9 Å². The van der Waals surface area contributed by atoms with Crippen LogP contribution in [-0.2, 0) is 23.8 Å². The van der Waals surface area contributed by atoms with Gasteiger partial charge in [-0.1, -0.05) is 5.92 Å². The fourth-order valence-corrected chi connectivity index (χ4v) is 2.88. The van der Waals surface area contributed by atoms with E-state index in [4.69, 9.17) is 26.4 Å². The third kappa shape index (κ3) is 3.39. The van der Waals surface area contributed by atoms with Crippen molar-refractivity contribution in [1.29, 1.82) is 0 Å². The van der Waals surface area contributed by atoms with Crippen LogP contribution in [0.5, 0.6) is 0 Å². The topological polar surface area (TPSA) is 131 Å². The standard InChI is InChI=1S/C16H16FN5O5/c1-4-16(6-25-8(2)23)10(26-9(3)24)5-11(27-16)22-7-19-12-13(18)20-15(17)21-14(12)22/h1,7,10-11H,5-6H2,2-3H3,(H2,18,20,21)/t10-,11-,16-/m1/s1. The predicted molar refractivity (Wildman–Crippen MR) is 88.2 cm³/mol. The van der Waals surface area contributed by atoms with Crippen molar-refractivity contribution in [3.05, 3.63) is 12.4 Å². The van der Waals surface area contributed by atoms with E-state index in [1.54, 1.807) is 0 Å². The number of hydrogen-bond donors (Lipinski definition) is 1. The second-order valence-electron chi connectivity index (χ2n) is 5.92. The molecule has 2 aromatic heterocycles. The summed E-state index contributed by atoms with van der Waals surface area (Å²) in [4.78, 5) is 33.8. The number of anilines is 1. The Hall–Kier alpha value is -3.26. The van der Waals surface area contributed by atoms with Gasteiger partial charge in [0.05, 0.1) is 6.33 Å². The number of nitrogen functional groups attached to an aromatic ring is 1. The molecule has 1 aliphatic heterocycles. The van der Waals surface area contributed by atoms with E-state index in [0.29, 0.717) is 0 Å². The molecule has 27 heavy (non-hydrogen) atoms. The minimum absolute atomic E-state index is 0.0897. The summed E-state index contributed by atoms with van der Waals surface area (Å²) < 4.78 is 31.2. The smallest absolute Gasteiger partial charge is 0.312 e. The quantitative estimate of drug-likeness (QED) is 0.455. The van der Waals surface area contributed by atoms with Crippen LogP contribution in [-0.4, -0.2) is 49.8 Å². The minimum Gasteiger partial charge on any atom is -0.462 e. The summed E-state index contributed by atoms with van der Waals surface area (Å²) in [5.74, 6) is 1.12. The lowest BCUT2D eigenvalue weighted by Crippen LogP contribution is -2.45. The maximum Gasteiger partial charge on any atom is 0.312 e. The molecular formula is C16H16FN5O5. The molecule has 11 heteroatoms. The number of carbonyl (C=O) groups is 2. The molecule has 10 nitrogen and oxygen atoms in total. The maximum atomic E-state index is 13.6. The normalized spacial score (nSPS) is 24.5. The average molecular weight is 377 g/mol. The summed E-state index contributed by atoms with van der Waals surface area (Å²) >= 11 is 0. The van der Waals surface area contributed by atoms with Crippen LogP contribution in [0.2, 0.25) is 0 Å². The van der Waals surface area contributed by atoms with Crippen LogP contribution < -0.4 is 5.73 Å². The Kier molecular flexibility index (Phi) is 4.67. The highest BCUT2D eigenvalue weighted by molar-refractivity contribution is 5.81. The van der Waals surface area contributed by atoms with E-state index in [0.717, 1.165) is 0 Å². The van der Waals surface area contributed by atoms with Crippen molar-refractivity contribution in [2.75, 3.05) is 12.3 Å². The number of carbonyl (C=O) groups excluding carboxylic acids is 2. The van der Waals surface area contributed by atoms with Crippen molar-refractivity contribution in [2.45, 2.75) is 38.2 Å². The Morgan fingerprint density at radius 2 is 2.22 bits per heavy atom. The number of ether oxygens (including phenoxy) is 3. The highest BCUT2D eigenvalue weighted by atomic mass is 19.1. The van der Waals surface area contributed by atoms with Gasteiger partial charge in [0.15, 0.2) is 17.0 Å². The molecule has 0 bridgehead atoms. The molecular weight excluding hydrogens is 361 g/mol. The molecule has 0 amide bonds. The number of hydrogen-bond acceptors (Lipinski definition) is 9. The molecule has 3 atom stereocenters. The van der Waals surface area contributed by atoms with Gasteiger partial charge in [-0.15, -0.1) is 6.42 Å². The second kappa shape index (κ2) is 6.81. The van der Waals surface area contributed by atoms with Gasteiger partial charge in [0.2, 0.25) is 5.60 Å². The third-order valence-corrected chi connectivity index (χ3v) is 4.06. The van der Waals surface area contributed by atoms with Crippen molar-refractivity contribution < 1.29 is 28.2 Å². The first-order chi connectivity index (χ1) is 12.8. The molecule has 1 fully saturated rings. The first-order valence-corrected chi connectivity index (χ1v) is 7.87. The van der Waals surface area contributed by atoms with E-state index in [9.17, 15) is 14.0 Å². The predicted octanol–water partition coefficient (Wildman–Crippen LogP) is 0.333. The van der Waals surface area contributed by atoms with Gasteiger partial charge in [-0.3, -0.25) is 14.2 Å². The van der Waals surface area contributed by atoms with Gasteiger partial charge in [-0.2, -0.15) is 14.4 Å². The maximum absolute atomic E-state index is 13.6. The first-order valence-electron chi connectivity index (χ1n) is 7.87. The second-order valence-corrected chi connectivity index (χ2v) is 5.92. The molecule has 0 aromatic carbocycles. The molecule has 0 saturated carbocycles. The fraction of sp³-hybridized carbons (Fsp3) is 0.438. The summed E-state index contributed by atoms with van der Waals surface area (Å²) in [5.41, 5.74) is 4.41. The van der Waals surface area contributed by atoms with Gasteiger partial charge in [-0.25, -0.2) is 4.98 Å². The van der Waals surface area contributed by atoms with E-state index < -0.39 is 35.9 Å². The van der Waals surface area contributed by atoms with E-state index in [1.165, 1.54) is 24.7 Å². The fourth-order valence-electron chi connectivity index (χ4n) is 2.88. The van der Waals surface area contributed by atoms with Crippen LogP contribution in [0.25, 0.3) is 11.2 Å². The van der Waals surface area contributed by atoms with Crippen molar-refractivity contribution in [3.63, 3.8) is 0 Å².